The Morgan fingerprint density at radius 1 is 0.729 bits per heavy atom. The second-order valence-corrected chi connectivity index (χ2v) is 15.8. The van der Waals surface area contributed by atoms with E-state index in [2.05, 4.69) is 20.9 Å². The minimum Gasteiger partial charge on any atom is -0.505 e. The van der Waals surface area contributed by atoms with Crippen molar-refractivity contribution in [3.8, 4) is 17.6 Å². The number of rotatable bonds is 0. The van der Waals surface area contributed by atoms with Gasteiger partial charge in [0.05, 0.1) is 45.8 Å². The summed E-state index contributed by atoms with van der Waals surface area (Å²) in [5.41, 5.74) is 5.14. The number of thioether (sulfide) groups is 4. The summed E-state index contributed by atoms with van der Waals surface area (Å²) in [5, 5.41) is 33.5. The number of imidazole rings is 2. The summed E-state index contributed by atoms with van der Waals surface area (Å²) in [6, 6.07) is 16.8. The number of benzene rings is 3. The summed E-state index contributed by atoms with van der Waals surface area (Å²) in [4.78, 5) is 39.0. The molecule has 4 aliphatic rings. The lowest BCUT2D eigenvalue weighted by Crippen LogP contribution is -2.48. The SMILES string of the molecule is [C-]#[N+]C1=C(C)C(=C2Sc3c(O)c4c(c(O)c3S2)SC(=C2C(C)=C(C#N)C(=O)[n+]3c2[nH]c2ccccc23)S4)c2[nH]c3ccccc3[n+]2C1=O. The average molecular weight is 703 g/mol. The number of nitrogens with one attached hydrogen (secondary N) is 2. The molecule has 0 bridgehead atoms. The van der Waals surface area contributed by atoms with Crippen LogP contribution in [0.15, 0.2) is 99.0 Å². The third-order valence-corrected chi connectivity index (χ3v) is 13.9. The standard InChI is InChI=1S/C34H16N6O4S4/c1-13-15(12-35)31(43)39-18-10-6-4-8-16(18)37-29(39)20(13)33-45-25-23(41)27-28(24(42)26(25)46-33)48-34(47-27)21-14(2)22(36-3)32(44)40-19-11-7-5-9-17(19)38-30(21)40/h4-11,41-42H,1-2H3/p+2. The van der Waals surface area contributed by atoms with Crippen LogP contribution in [0.2, 0.25) is 0 Å². The summed E-state index contributed by atoms with van der Waals surface area (Å²) in [7, 11) is 0. The number of allylic oxidation sites excluding steroid dienone is 6. The number of aromatic nitrogens is 4. The summed E-state index contributed by atoms with van der Waals surface area (Å²) < 4.78 is 4.44. The number of aromatic amines is 2. The highest BCUT2D eigenvalue weighted by Gasteiger charge is 2.45. The van der Waals surface area contributed by atoms with E-state index < -0.39 is 11.8 Å². The third kappa shape index (κ3) is 3.68. The first-order chi connectivity index (χ1) is 23.2. The molecule has 0 unspecified atom stereocenters. The number of nitriles is 1. The Hall–Kier alpha value is -5.12. The molecule has 9 rings (SSSR count). The Labute approximate surface area is 288 Å². The zero-order valence-electron chi connectivity index (χ0n) is 24.8. The van der Waals surface area contributed by atoms with Gasteiger partial charge in [-0.2, -0.15) is 14.4 Å². The van der Waals surface area contributed by atoms with Crippen LogP contribution in [0.4, 0.5) is 0 Å². The molecule has 0 atom stereocenters. The van der Waals surface area contributed by atoms with E-state index in [4.69, 9.17) is 6.57 Å². The van der Waals surface area contributed by atoms with Gasteiger partial charge in [-0.1, -0.05) is 71.3 Å². The lowest BCUT2D eigenvalue weighted by Gasteiger charge is -2.14. The number of nitrogens with zero attached hydrogens (tertiary/aromatic N) is 4. The van der Waals surface area contributed by atoms with Gasteiger partial charge < -0.3 is 10.2 Å². The number of hydrogen-bond acceptors (Lipinski definition) is 9. The van der Waals surface area contributed by atoms with Crippen molar-refractivity contribution < 1.29 is 28.9 Å². The lowest BCUT2D eigenvalue weighted by atomic mass is 9.98. The van der Waals surface area contributed by atoms with Crippen LogP contribution in [0.3, 0.4) is 0 Å². The number of para-hydroxylation sites is 4. The van der Waals surface area contributed by atoms with E-state index in [9.17, 15) is 25.1 Å². The van der Waals surface area contributed by atoms with Crippen LogP contribution in [0.25, 0.3) is 38.1 Å². The maximum Gasteiger partial charge on any atom is 0.357 e. The van der Waals surface area contributed by atoms with E-state index in [1.54, 1.807) is 13.8 Å². The Bertz CT molecular complexity index is 2460. The largest absolute Gasteiger partial charge is 0.505 e. The predicted molar refractivity (Wildman–Crippen MR) is 183 cm³/mol. The average Bonchev–Trinajstić information content (AvgIpc) is 3.87. The van der Waals surface area contributed by atoms with Crippen molar-refractivity contribution in [2.45, 2.75) is 33.4 Å². The normalized spacial score (nSPS) is 16.9. The number of phenols is 2. The second kappa shape index (κ2) is 10.2. The molecule has 4 aliphatic heterocycles. The molecule has 6 heterocycles. The Morgan fingerprint density at radius 2 is 1.17 bits per heavy atom. The molecule has 3 aromatic carbocycles. The van der Waals surface area contributed by atoms with Gasteiger partial charge in [0, 0.05) is 0 Å². The summed E-state index contributed by atoms with van der Waals surface area (Å²) in [6.45, 7) is 11.3. The number of H-pyrrole nitrogens is 2. The van der Waals surface area contributed by atoms with Crippen LogP contribution in [-0.4, -0.2) is 32.0 Å². The number of fused-ring (bicyclic) bond motifs is 8. The van der Waals surface area contributed by atoms with Crippen LogP contribution in [0.1, 0.15) is 35.1 Å². The monoisotopic (exact) mass is 702 g/mol. The molecule has 4 N–H and O–H groups in total. The number of aromatic hydroxyl groups is 2. The first-order valence-electron chi connectivity index (χ1n) is 14.4. The zero-order chi connectivity index (χ0) is 33.2. The smallest absolute Gasteiger partial charge is 0.357 e. The fourth-order valence-electron chi connectivity index (χ4n) is 6.46. The molecular weight excluding hydrogens is 685 g/mol. The van der Waals surface area contributed by atoms with Crippen molar-refractivity contribution in [3.05, 3.63) is 102 Å². The van der Waals surface area contributed by atoms with Crippen LogP contribution < -0.4 is 9.13 Å². The summed E-state index contributed by atoms with van der Waals surface area (Å²) in [5.74, 6) is 0.237. The molecule has 5 aromatic rings. The molecule has 0 spiro atoms. The van der Waals surface area contributed by atoms with Crippen LogP contribution in [0, 0.1) is 17.9 Å². The van der Waals surface area contributed by atoms with Gasteiger partial charge in [-0.15, -0.1) is 0 Å². The number of hydrogen-bond donors (Lipinski definition) is 4. The molecular formula is C34H18N6O4S4+2. The van der Waals surface area contributed by atoms with E-state index in [0.29, 0.717) is 73.0 Å². The number of phenolic OH excluding ortho intramolecular Hbond substituents is 2. The van der Waals surface area contributed by atoms with Crippen LogP contribution in [-0.2, 0) is 0 Å². The van der Waals surface area contributed by atoms with Crippen molar-refractivity contribution in [1.82, 2.24) is 9.97 Å². The van der Waals surface area contributed by atoms with Crippen molar-refractivity contribution in [2.24, 2.45) is 0 Å². The first-order valence-corrected chi connectivity index (χ1v) is 17.7. The van der Waals surface area contributed by atoms with Crippen LogP contribution >= 0.6 is 47.0 Å². The molecule has 0 amide bonds. The van der Waals surface area contributed by atoms with Crippen molar-refractivity contribution in [1.29, 1.82) is 5.26 Å². The van der Waals surface area contributed by atoms with Gasteiger partial charge in [0.15, 0.2) is 22.1 Å². The molecule has 0 radical (unpaired) electrons. The molecule has 0 fully saturated rings. The molecule has 10 nitrogen and oxygen atoms in total. The second-order valence-electron chi connectivity index (χ2n) is 11.2. The van der Waals surface area contributed by atoms with E-state index in [-0.39, 0.29) is 22.8 Å². The molecule has 2 aromatic heterocycles. The highest BCUT2D eigenvalue weighted by atomic mass is 32.2. The highest BCUT2D eigenvalue weighted by Crippen LogP contribution is 2.69. The lowest BCUT2D eigenvalue weighted by molar-refractivity contribution is -0.546. The van der Waals surface area contributed by atoms with Gasteiger partial charge >= 0.3 is 11.8 Å². The molecule has 0 saturated carbocycles. The minimum absolute atomic E-state index is 0.000919. The van der Waals surface area contributed by atoms with Crippen molar-refractivity contribution in [2.75, 3.05) is 0 Å². The van der Waals surface area contributed by atoms with Gasteiger partial charge in [0.1, 0.15) is 23.1 Å². The van der Waals surface area contributed by atoms with Gasteiger partial charge in [-0.25, -0.2) is 19.6 Å². The first kappa shape index (κ1) is 29.1. The van der Waals surface area contributed by atoms with Crippen LogP contribution in [0.5, 0.6) is 11.5 Å². The molecule has 0 saturated heterocycles. The topological polar surface area (TPSA) is 142 Å². The minimum atomic E-state index is -0.415. The van der Waals surface area contributed by atoms with E-state index >= 15 is 0 Å². The Morgan fingerprint density at radius 3 is 1.62 bits per heavy atom. The molecule has 14 heteroatoms. The zero-order valence-corrected chi connectivity index (χ0v) is 28.0. The molecule has 0 aliphatic carbocycles. The maximum absolute atomic E-state index is 13.4. The van der Waals surface area contributed by atoms with Gasteiger partial charge in [-0.05, 0) is 49.3 Å². The Kier molecular flexibility index (Phi) is 6.17. The number of carbonyl (C=O) groups is 2. The van der Waals surface area contributed by atoms with Gasteiger partial charge in [0.25, 0.3) is 17.3 Å². The third-order valence-electron chi connectivity index (χ3n) is 8.70. The van der Waals surface area contributed by atoms with Gasteiger partial charge in [0.2, 0.25) is 0 Å². The molecule has 48 heavy (non-hydrogen) atoms. The van der Waals surface area contributed by atoms with E-state index in [1.807, 2.05) is 48.5 Å². The maximum atomic E-state index is 13.4. The quantitative estimate of drug-likeness (QED) is 0.0755. The fraction of sp³-hybridized carbons (Fsp3) is 0.0588. The number of carbonyl (C=O) groups excluding carboxylic acids is 2. The highest BCUT2D eigenvalue weighted by molar-refractivity contribution is 8.26. The fourth-order valence-corrected chi connectivity index (χ4v) is 12.1. The van der Waals surface area contributed by atoms with Crippen molar-refractivity contribution in [3.63, 3.8) is 0 Å². The Balaban J connectivity index is 1.20. The van der Waals surface area contributed by atoms with Crippen molar-refractivity contribution >= 4 is 92.1 Å². The van der Waals surface area contributed by atoms with E-state index in [1.165, 1.54) is 56.2 Å². The molecule has 230 valence electrons. The predicted octanol–water partition coefficient (Wildman–Crippen LogP) is 7.11. The van der Waals surface area contributed by atoms with E-state index in [0.717, 1.165) is 11.0 Å². The van der Waals surface area contributed by atoms with Gasteiger partial charge in [-0.3, -0.25) is 4.79 Å². The summed E-state index contributed by atoms with van der Waals surface area (Å²) in [6.07, 6.45) is 0. The summed E-state index contributed by atoms with van der Waals surface area (Å²) >= 11 is 5.11.